The van der Waals surface area contributed by atoms with Crippen LogP contribution in [0, 0.1) is 5.92 Å². The predicted octanol–water partition coefficient (Wildman–Crippen LogP) is 2.88. The molecule has 1 nitrogen and oxygen atoms in total. The minimum atomic E-state index is 0.675. The van der Waals surface area contributed by atoms with Crippen molar-refractivity contribution in [2.45, 2.75) is 32.6 Å². The molecular formula is C11H16O. The Hall–Kier alpha value is -0.850. The molecule has 66 valence electrons. The zero-order chi connectivity index (χ0) is 8.81. The van der Waals surface area contributed by atoms with E-state index >= 15 is 0 Å². The highest BCUT2D eigenvalue weighted by Crippen LogP contribution is 2.20. The maximum Gasteiger partial charge on any atom is 0.149 e. The van der Waals surface area contributed by atoms with E-state index in [0.717, 1.165) is 18.3 Å². The van der Waals surface area contributed by atoms with Gasteiger partial charge in [0.05, 0.1) is 0 Å². The molecule has 0 bridgehead atoms. The summed E-state index contributed by atoms with van der Waals surface area (Å²) in [6, 6.07) is 0. The summed E-state index contributed by atoms with van der Waals surface area (Å²) in [5, 5.41) is 0. The maximum atomic E-state index is 10.4. The van der Waals surface area contributed by atoms with Gasteiger partial charge in [-0.25, -0.2) is 0 Å². The molecule has 0 aromatic heterocycles. The number of allylic oxidation sites excluding steroid dienone is 4. The third kappa shape index (κ3) is 2.65. The van der Waals surface area contributed by atoms with Crippen molar-refractivity contribution in [3.8, 4) is 0 Å². The lowest BCUT2D eigenvalue weighted by Crippen LogP contribution is -2.00. The molecule has 1 aliphatic rings. The highest BCUT2D eigenvalue weighted by molar-refractivity contribution is 5.77. The summed E-state index contributed by atoms with van der Waals surface area (Å²) in [7, 11) is 0. The fourth-order valence-electron chi connectivity index (χ4n) is 1.45. The van der Waals surface area contributed by atoms with E-state index in [1.165, 1.54) is 19.3 Å². The molecule has 1 atom stereocenters. The largest absolute Gasteiger partial charge is 0.298 e. The van der Waals surface area contributed by atoms with Crippen LogP contribution < -0.4 is 0 Å². The van der Waals surface area contributed by atoms with Crippen LogP contribution in [0.5, 0.6) is 0 Å². The van der Waals surface area contributed by atoms with Crippen LogP contribution in [0.3, 0.4) is 0 Å². The van der Waals surface area contributed by atoms with Gasteiger partial charge in [0.1, 0.15) is 6.29 Å². The average Bonchev–Trinajstić information content (AvgIpc) is 2.15. The van der Waals surface area contributed by atoms with Crippen molar-refractivity contribution in [3.63, 3.8) is 0 Å². The fourth-order valence-corrected chi connectivity index (χ4v) is 1.45. The smallest absolute Gasteiger partial charge is 0.149 e. The predicted molar refractivity (Wildman–Crippen MR) is 50.9 cm³/mol. The minimum Gasteiger partial charge on any atom is -0.298 e. The average molecular weight is 164 g/mol. The summed E-state index contributed by atoms with van der Waals surface area (Å²) in [5.41, 5.74) is 0.836. The second kappa shape index (κ2) is 4.91. The third-order valence-corrected chi connectivity index (χ3v) is 2.28. The van der Waals surface area contributed by atoms with Gasteiger partial charge < -0.3 is 0 Å². The third-order valence-electron chi connectivity index (χ3n) is 2.28. The van der Waals surface area contributed by atoms with Gasteiger partial charge >= 0.3 is 0 Å². The molecule has 0 aromatic rings. The van der Waals surface area contributed by atoms with Crippen molar-refractivity contribution in [3.05, 3.63) is 23.8 Å². The molecular weight excluding hydrogens is 148 g/mol. The van der Waals surface area contributed by atoms with Crippen molar-refractivity contribution >= 4 is 6.29 Å². The number of hydrogen-bond donors (Lipinski definition) is 0. The van der Waals surface area contributed by atoms with E-state index < -0.39 is 0 Å². The van der Waals surface area contributed by atoms with Crippen LogP contribution in [0.1, 0.15) is 32.6 Å². The molecule has 0 aliphatic heterocycles. The van der Waals surface area contributed by atoms with Gasteiger partial charge in [-0.15, -0.1) is 0 Å². The maximum absolute atomic E-state index is 10.4. The topological polar surface area (TPSA) is 17.1 Å². The summed E-state index contributed by atoms with van der Waals surface area (Å²) >= 11 is 0. The molecule has 1 unspecified atom stereocenters. The van der Waals surface area contributed by atoms with E-state index in [0.29, 0.717) is 5.92 Å². The Morgan fingerprint density at radius 1 is 1.67 bits per heavy atom. The molecule has 0 N–H and O–H groups in total. The molecule has 0 saturated carbocycles. The summed E-state index contributed by atoms with van der Waals surface area (Å²) < 4.78 is 0. The normalized spacial score (nSPS) is 22.1. The number of aldehydes is 1. The van der Waals surface area contributed by atoms with Crippen molar-refractivity contribution in [1.82, 2.24) is 0 Å². The molecule has 0 saturated heterocycles. The molecule has 0 radical (unpaired) electrons. The Morgan fingerprint density at radius 2 is 2.50 bits per heavy atom. The van der Waals surface area contributed by atoms with Crippen LogP contribution in [-0.4, -0.2) is 6.29 Å². The molecule has 0 fully saturated rings. The van der Waals surface area contributed by atoms with Gasteiger partial charge in [-0.1, -0.05) is 38.0 Å². The van der Waals surface area contributed by atoms with Crippen LogP contribution in [0.15, 0.2) is 23.8 Å². The molecule has 0 heterocycles. The first-order valence-corrected chi connectivity index (χ1v) is 4.70. The molecule has 1 heteroatoms. The second-order valence-electron chi connectivity index (χ2n) is 3.32. The van der Waals surface area contributed by atoms with E-state index in [1.54, 1.807) is 0 Å². The molecule has 0 spiro atoms. The number of hydrogen-bond acceptors (Lipinski definition) is 1. The monoisotopic (exact) mass is 164 g/mol. The molecule has 0 amide bonds. The van der Waals surface area contributed by atoms with Crippen LogP contribution in [-0.2, 0) is 4.79 Å². The van der Waals surface area contributed by atoms with Gasteiger partial charge in [0, 0.05) is 5.57 Å². The summed E-state index contributed by atoms with van der Waals surface area (Å²) in [6.45, 7) is 2.21. The molecule has 12 heavy (non-hydrogen) atoms. The van der Waals surface area contributed by atoms with Crippen molar-refractivity contribution in [2.24, 2.45) is 5.92 Å². The number of carbonyl (C=O) groups excluding carboxylic acids is 1. The Kier molecular flexibility index (Phi) is 3.78. The zero-order valence-electron chi connectivity index (χ0n) is 7.62. The lowest BCUT2D eigenvalue weighted by atomic mass is 9.93. The van der Waals surface area contributed by atoms with Gasteiger partial charge in [-0.2, -0.15) is 0 Å². The van der Waals surface area contributed by atoms with Gasteiger partial charge in [-0.05, 0) is 18.8 Å². The van der Waals surface area contributed by atoms with E-state index in [-0.39, 0.29) is 0 Å². The highest BCUT2D eigenvalue weighted by Gasteiger charge is 2.06. The van der Waals surface area contributed by atoms with E-state index in [2.05, 4.69) is 13.0 Å². The minimum absolute atomic E-state index is 0.675. The zero-order valence-corrected chi connectivity index (χ0v) is 7.62. The van der Waals surface area contributed by atoms with Gasteiger partial charge in [0.2, 0.25) is 0 Å². The Labute approximate surface area is 74.2 Å². The Morgan fingerprint density at radius 3 is 3.00 bits per heavy atom. The fraction of sp³-hybridized carbons (Fsp3) is 0.545. The van der Waals surface area contributed by atoms with Crippen molar-refractivity contribution < 1.29 is 4.79 Å². The first-order valence-electron chi connectivity index (χ1n) is 4.70. The lowest BCUT2D eigenvalue weighted by Gasteiger charge is -2.13. The number of carbonyl (C=O) groups is 1. The van der Waals surface area contributed by atoms with E-state index in [4.69, 9.17) is 0 Å². The second-order valence-corrected chi connectivity index (χ2v) is 3.32. The first-order chi connectivity index (χ1) is 5.86. The molecule has 1 rings (SSSR count). The van der Waals surface area contributed by atoms with Crippen molar-refractivity contribution in [2.75, 3.05) is 0 Å². The van der Waals surface area contributed by atoms with Crippen LogP contribution in [0.25, 0.3) is 0 Å². The Bertz CT molecular complexity index is 201. The Balaban J connectivity index is 2.32. The lowest BCUT2D eigenvalue weighted by molar-refractivity contribution is -0.104. The van der Waals surface area contributed by atoms with E-state index in [1.807, 2.05) is 12.2 Å². The summed E-state index contributed by atoms with van der Waals surface area (Å²) in [5.74, 6) is 0.675. The molecule has 0 aromatic carbocycles. The molecule has 1 aliphatic carbocycles. The highest BCUT2D eigenvalue weighted by atomic mass is 16.1. The van der Waals surface area contributed by atoms with Crippen LogP contribution >= 0.6 is 0 Å². The van der Waals surface area contributed by atoms with Crippen LogP contribution in [0.4, 0.5) is 0 Å². The van der Waals surface area contributed by atoms with E-state index in [9.17, 15) is 4.79 Å². The van der Waals surface area contributed by atoms with Gasteiger partial charge in [0.15, 0.2) is 0 Å². The van der Waals surface area contributed by atoms with Crippen molar-refractivity contribution in [1.29, 1.82) is 0 Å². The summed E-state index contributed by atoms with van der Waals surface area (Å²) in [4.78, 5) is 10.4. The number of rotatable bonds is 4. The van der Waals surface area contributed by atoms with Gasteiger partial charge in [-0.3, -0.25) is 4.79 Å². The number of unbranched alkanes of at least 4 members (excludes halogenated alkanes) is 1. The summed E-state index contributed by atoms with van der Waals surface area (Å²) in [6.07, 6.45) is 11.9. The van der Waals surface area contributed by atoms with Crippen LogP contribution in [0.2, 0.25) is 0 Å². The standard InChI is InChI=1S/C11H16O/c1-2-3-4-10-5-7-11(9-12)8-6-10/h5,7-10H,2-4,6H2,1H3. The first kappa shape index (κ1) is 9.24. The quantitative estimate of drug-likeness (QED) is 0.584. The SMILES string of the molecule is CCCCC1C=CC(C=O)=CC1. The van der Waals surface area contributed by atoms with Gasteiger partial charge in [0.25, 0.3) is 0 Å².